The molecule has 1 saturated heterocycles. The number of amides is 2. The summed E-state index contributed by atoms with van der Waals surface area (Å²) >= 11 is 0. The molecule has 25 heavy (non-hydrogen) atoms. The van der Waals surface area contributed by atoms with E-state index in [1.54, 1.807) is 12.5 Å². The molecule has 3 rings (SSSR count). The fourth-order valence-electron chi connectivity index (χ4n) is 3.03. The highest BCUT2D eigenvalue weighted by Gasteiger charge is 2.24. The van der Waals surface area contributed by atoms with Crippen molar-refractivity contribution < 1.29 is 9.53 Å². The molecule has 1 N–H and O–H groups in total. The summed E-state index contributed by atoms with van der Waals surface area (Å²) < 4.78 is 8.11. The molecular weight excluding hydrogens is 316 g/mol. The maximum atomic E-state index is 12.2. The number of hydrogen-bond acceptors (Lipinski definition) is 3. The Morgan fingerprint density at radius 3 is 2.84 bits per heavy atom. The van der Waals surface area contributed by atoms with Gasteiger partial charge in [-0.3, -0.25) is 0 Å². The molecule has 0 atom stereocenters. The van der Waals surface area contributed by atoms with Gasteiger partial charge in [-0.2, -0.15) is 0 Å². The van der Waals surface area contributed by atoms with Crippen LogP contribution in [0.15, 0.2) is 36.9 Å². The van der Waals surface area contributed by atoms with Gasteiger partial charge in [0.25, 0.3) is 0 Å². The predicted molar refractivity (Wildman–Crippen MR) is 96.8 cm³/mol. The Morgan fingerprint density at radius 2 is 2.12 bits per heavy atom. The van der Waals surface area contributed by atoms with Gasteiger partial charge in [-0.1, -0.05) is 12.1 Å². The Labute approximate surface area is 148 Å². The molecule has 2 aromatic rings. The number of benzene rings is 1. The first-order valence-corrected chi connectivity index (χ1v) is 8.85. The Hall–Kier alpha value is -2.50. The van der Waals surface area contributed by atoms with E-state index in [0.717, 1.165) is 38.2 Å². The lowest BCUT2D eigenvalue weighted by molar-refractivity contribution is 0.110. The summed E-state index contributed by atoms with van der Waals surface area (Å²) in [5, 5.41) is 2.97. The molecule has 0 bridgehead atoms. The number of aryl methyl sites for hydroxylation is 1. The molecule has 0 saturated carbocycles. The van der Waals surface area contributed by atoms with Gasteiger partial charge in [-0.15, -0.1) is 0 Å². The second kappa shape index (κ2) is 8.05. The number of urea groups is 1. The van der Waals surface area contributed by atoms with Crippen molar-refractivity contribution in [3.8, 4) is 5.75 Å². The number of carbonyl (C=O) groups is 1. The highest BCUT2D eigenvalue weighted by molar-refractivity contribution is 5.74. The van der Waals surface area contributed by atoms with Crippen molar-refractivity contribution >= 4 is 6.03 Å². The van der Waals surface area contributed by atoms with Gasteiger partial charge < -0.3 is 19.5 Å². The van der Waals surface area contributed by atoms with Gasteiger partial charge in [0.05, 0.1) is 6.33 Å². The molecule has 1 aromatic heterocycles. The van der Waals surface area contributed by atoms with Crippen molar-refractivity contribution in [2.45, 2.75) is 39.3 Å². The first-order chi connectivity index (χ1) is 12.1. The van der Waals surface area contributed by atoms with Crippen molar-refractivity contribution in [3.63, 3.8) is 0 Å². The van der Waals surface area contributed by atoms with E-state index in [1.807, 2.05) is 27.8 Å². The highest BCUT2D eigenvalue weighted by atomic mass is 16.5. The number of ether oxygens (including phenoxy) is 1. The molecule has 0 spiro atoms. The first kappa shape index (κ1) is 17.3. The fraction of sp³-hybridized carbons (Fsp3) is 0.474. The average Bonchev–Trinajstić information content (AvgIpc) is 3.13. The first-order valence-electron chi connectivity index (χ1n) is 8.85. The van der Waals surface area contributed by atoms with Crippen molar-refractivity contribution in [3.05, 3.63) is 48.0 Å². The van der Waals surface area contributed by atoms with Gasteiger partial charge in [0.15, 0.2) is 0 Å². The quantitative estimate of drug-likeness (QED) is 0.909. The summed E-state index contributed by atoms with van der Waals surface area (Å²) in [6, 6.07) is 6.15. The van der Waals surface area contributed by atoms with Crippen LogP contribution >= 0.6 is 0 Å². The van der Waals surface area contributed by atoms with Crippen LogP contribution in [-0.4, -0.2) is 46.2 Å². The number of rotatable bonds is 5. The van der Waals surface area contributed by atoms with E-state index >= 15 is 0 Å². The zero-order chi connectivity index (χ0) is 17.6. The number of nitrogens with zero attached hydrogens (tertiary/aromatic N) is 3. The van der Waals surface area contributed by atoms with E-state index in [-0.39, 0.29) is 12.1 Å². The zero-order valence-corrected chi connectivity index (χ0v) is 14.9. The summed E-state index contributed by atoms with van der Waals surface area (Å²) in [5.41, 5.74) is 2.44. The van der Waals surface area contributed by atoms with E-state index in [0.29, 0.717) is 6.54 Å². The van der Waals surface area contributed by atoms with E-state index < -0.39 is 0 Å². The molecule has 2 heterocycles. The summed E-state index contributed by atoms with van der Waals surface area (Å²) in [6.07, 6.45) is 7.29. The highest BCUT2D eigenvalue weighted by Crippen LogP contribution is 2.24. The number of carbonyl (C=O) groups excluding carboxylic acids is 1. The lowest BCUT2D eigenvalue weighted by Gasteiger charge is -2.32. The standard InChI is InChI=1S/C19H26N4O2/c1-15-4-3-5-18(16(15)2)25-17-6-10-23(11-7-17)19(24)21-9-13-22-12-8-20-14-22/h3-5,8,12,14,17H,6-7,9-11,13H2,1-2H3,(H,21,24). The average molecular weight is 342 g/mol. The maximum Gasteiger partial charge on any atom is 0.317 e. The van der Waals surface area contributed by atoms with E-state index in [1.165, 1.54) is 11.1 Å². The molecule has 0 unspecified atom stereocenters. The largest absolute Gasteiger partial charge is 0.490 e. The summed E-state index contributed by atoms with van der Waals surface area (Å²) in [4.78, 5) is 18.1. The van der Waals surface area contributed by atoms with Crippen molar-refractivity contribution in [1.29, 1.82) is 0 Å². The third-order valence-corrected chi connectivity index (χ3v) is 4.78. The smallest absolute Gasteiger partial charge is 0.317 e. The van der Waals surface area contributed by atoms with Crippen LogP contribution in [0, 0.1) is 13.8 Å². The minimum atomic E-state index is 0.00491. The van der Waals surface area contributed by atoms with Crippen LogP contribution in [0.5, 0.6) is 5.75 Å². The van der Waals surface area contributed by atoms with Crippen LogP contribution in [0.4, 0.5) is 4.79 Å². The second-order valence-corrected chi connectivity index (χ2v) is 6.53. The maximum absolute atomic E-state index is 12.2. The molecule has 134 valence electrons. The number of likely N-dealkylation sites (tertiary alicyclic amines) is 1. The van der Waals surface area contributed by atoms with Crippen LogP contribution in [0.3, 0.4) is 0 Å². The van der Waals surface area contributed by atoms with Crippen molar-refractivity contribution in [1.82, 2.24) is 19.8 Å². The molecule has 6 heteroatoms. The SMILES string of the molecule is Cc1cccc(OC2CCN(C(=O)NCCn3ccnc3)CC2)c1C. The van der Waals surface area contributed by atoms with E-state index in [2.05, 4.69) is 30.2 Å². The molecule has 0 aliphatic carbocycles. The van der Waals surface area contributed by atoms with Gasteiger partial charge in [0.1, 0.15) is 11.9 Å². The van der Waals surface area contributed by atoms with Gasteiger partial charge in [-0.05, 0) is 31.0 Å². The Balaban J connectivity index is 1.42. The van der Waals surface area contributed by atoms with E-state index in [4.69, 9.17) is 4.74 Å². The topological polar surface area (TPSA) is 59.4 Å². The normalized spacial score (nSPS) is 15.2. The second-order valence-electron chi connectivity index (χ2n) is 6.53. The van der Waals surface area contributed by atoms with Crippen molar-refractivity contribution in [2.75, 3.05) is 19.6 Å². The third kappa shape index (κ3) is 4.53. The lowest BCUT2D eigenvalue weighted by atomic mass is 10.1. The molecule has 1 aromatic carbocycles. The molecule has 1 fully saturated rings. The summed E-state index contributed by atoms with van der Waals surface area (Å²) in [5.74, 6) is 0.961. The van der Waals surface area contributed by atoms with Gasteiger partial charge in [0.2, 0.25) is 0 Å². The molecular formula is C19H26N4O2. The zero-order valence-electron chi connectivity index (χ0n) is 14.9. The third-order valence-electron chi connectivity index (χ3n) is 4.78. The number of piperidine rings is 1. The summed E-state index contributed by atoms with van der Waals surface area (Å²) in [6.45, 7) is 6.98. The minimum Gasteiger partial charge on any atom is -0.490 e. The van der Waals surface area contributed by atoms with Gasteiger partial charge in [0, 0.05) is 51.4 Å². The van der Waals surface area contributed by atoms with Crippen LogP contribution in [-0.2, 0) is 6.54 Å². The molecule has 0 radical (unpaired) electrons. The number of nitrogens with one attached hydrogen (secondary N) is 1. The van der Waals surface area contributed by atoms with Crippen LogP contribution in [0.1, 0.15) is 24.0 Å². The van der Waals surface area contributed by atoms with Crippen LogP contribution < -0.4 is 10.1 Å². The number of imidazole rings is 1. The Morgan fingerprint density at radius 1 is 1.32 bits per heavy atom. The molecule has 2 amide bonds. The van der Waals surface area contributed by atoms with Gasteiger partial charge >= 0.3 is 6.03 Å². The van der Waals surface area contributed by atoms with Crippen molar-refractivity contribution in [2.24, 2.45) is 0 Å². The fourth-order valence-corrected chi connectivity index (χ4v) is 3.03. The number of aromatic nitrogens is 2. The minimum absolute atomic E-state index is 0.00491. The van der Waals surface area contributed by atoms with Crippen LogP contribution in [0.25, 0.3) is 0 Å². The molecule has 6 nitrogen and oxygen atoms in total. The van der Waals surface area contributed by atoms with Crippen LogP contribution in [0.2, 0.25) is 0 Å². The Bertz CT molecular complexity index is 691. The van der Waals surface area contributed by atoms with Gasteiger partial charge in [-0.25, -0.2) is 9.78 Å². The molecule has 1 aliphatic heterocycles. The summed E-state index contributed by atoms with van der Waals surface area (Å²) in [7, 11) is 0. The predicted octanol–water partition coefficient (Wildman–Crippen LogP) is 2.75. The number of hydrogen-bond donors (Lipinski definition) is 1. The Kier molecular flexibility index (Phi) is 5.58. The lowest BCUT2D eigenvalue weighted by Crippen LogP contribution is -2.47. The molecule has 1 aliphatic rings. The monoisotopic (exact) mass is 342 g/mol. The van der Waals surface area contributed by atoms with E-state index in [9.17, 15) is 4.79 Å².